The summed E-state index contributed by atoms with van der Waals surface area (Å²) in [6.45, 7) is 6.37. The molecule has 0 fully saturated rings. The van der Waals surface area contributed by atoms with Gasteiger partial charge in [-0.2, -0.15) is 0 Å². The van der Waals surface area contributed by atoms with E-state index in [4.69, 9.17) is 10.8 Å². The second kappa shape index (κ2) is 5.50. The predicted octanol–water partition coefficient (Wildman–Crippen LogP) is 1.57. The van der Waals surface area contributed by atoms with Crippen LogP contribution >= 0.6 is 11.8 Å². The normalized spacial score (nSPS) is 15.8. The molecule has 0 unspecified atom stereocenters. The molecule has 0 aromatic heterocycles. The number of carboxylic acid groups (broad SMARTS) is 1. The molecule has 0 bridgehead atoms. The molecule has 0 aliphatic heterocycles. The smallest absolute Gasteiger partial charge is 0.319 e. The Bertz CT molecular complexity index is 173. The van der Waals surface area contributed by atoms with E-state index in [1.54, 1.807) is 6.92 Å². The van der Waals surface area contributed by atoms with Crippen LogP contribution in [0.3, 0.4) is 0 Å². The van der Waals surface area contributed by atoms with Crippen molar-refractivity contribution in [3.63, 3.8) is 0 Å². The lowest BCUT2D eigenvalue weighted by Gasteiger charge is -2.25. The van der Waals surface area contributed by atoms with Gasteiger partial charge in [0.2, 0.25) is 0 Å². The molecule has 0 aliphatic carbocycles. The molecule has 13 heavy (non-hydrogen) atoms. The van der Waals surface area contributed by atoms with Crippen molar-refractivity contribution in [2.24, 2.45) is 11.7 Å². The molecular weight excluding hydrogens is 186 g/mol. The van der Waals surface area contributed by atoms with Crippen LogP contribution in [-0.2, 0) is 4.79 Å². The minimum Gasteiger partial charge on any atom is -0.480 e. The Morgan fingerprint density at radius 3 is 2.46 bits per heavy atom. The number of thioether (sulfide) groups is 1. The minimum absolute atomic E-state index is 0.395. The number of aliphatic carboxylic acids is 1. The molecule has 0 spiro atoms. The topological polar surface area (TPSA) is 63.3 Å². The number of hydrogen-bond acceptors (Lipinski definition) is 3. The summed E-state index contributed by atoms with van der Waals surface area (Å²) < 4.78 is -0.673. The van der Waals surface area contributed by atoms with E-state index in [2.05, 4.69) is 0 Å². The van der Waals surface area contributed by atoms with Crippen LogP contribution in [0.15, 0.2) is 0 Å². The predicted molar refractivity (Wildman–Crippen MR) is 57.0 cm³/mol. The lowest BCUT2D eigenvalue weighted by Crippen LogP contribution is -2.34. The largest absolute Gasteiger partial charge is 0.480 e. The number of carboxylic acids is 1. The Morgan fingerprint density at radius 1 is 1.62 bits per heavy atom. The molecule has 78 valence electrons. The molecule has 0 amide bonds. The van der Waals surface area contributed by atoms with Gasteiger partial charge in [0.1, 0.15) is 4.75 Å². The SMILES string of the molecule is CC(C)C[C@@](C)(SCCN)C(=O)O. The molecule has 0 saturated carbocycles. The summed E-state index contributed by atoms with van der Waals surface area (Å²) in [5.41, 5.74) is 5.35. The highest BCUT2D eigenvalue weighted by atomic mass is 32.2. The Kier molecular flexibility index (Phi) is 5.40. The molecule has 0 rings (SSSR count). The van der Waals surface area contributed by atoms with Gasteiger partial charge in [0.05, 0.1) is 0 Å². The molecule has 0 aromatic carbocycles. The maximum absolute atomic E-state index is 11.0. The van der Waals surface area contributed by atoms with E-state index in [-0.39, 0.29) is 0 Å². The summed E-state index contributed by atoms with van der Waals surface area (Å²) in [4.78, 5) is 11.0. The molecule has 3 N–H and O–H groups in total. The van der Waals surface area contributed by atoms with Crippen LogP contribution in [0.4, 0.5) is 0 Å². The van der Waals surface area contributed by atoms with E-state index >= 15 is 0 Å². The van der Waals surface area contributed by atoms with Gasteiger partial charge in [0, 0.05) is 12.3 Å². The number of carbonyl (C=O) groups is 1. The Balaban J connectivity index is 4.25. The first-order valence-corrected chi connectivity index (χ1v) is 5.48. The Hall–Kier alpha value is -0.220. The second-order valence-corrected chi connectivity index (χ2v) is 5.37. The van der Waals surface area contributed by atoms with E-state index in [9.17, 15) is 4.79 Å². The number of nitrogens with two attached hydrogens (primary N) is 1. The highest BCUT2D eigenvalue weighted by Crippen LogP contribution is 2.31. The van der Waals surface area contributed by atoms with Gasteiger partial charge in [-0.1, -0.05) is 13.8 Å². The van der Waals surface area contributed by atoms with Crippen molar-refractivity contribution in [2.45, 2.75) is 31.9 Å². The highest BCUT2D eigenvalue weighted by molar-refractivity contribution is 8.01. The molecule has 4 heteroatoms. The molecule has 0 aromatic rings. The van der Waals surface area contributed by atoms with Crippen molar-refractivity contribution < 1.29 is 9.90 Å². The molecule has 0 saturated heterocycles. The maximum Gasteiger partial charge on any atom is 0.319 e. The molecule has 0 radical (unpaired) electrons. The fourth-order valence-electron chi connectivity index (χ4n) is 1.27. The number of rotatable bonds is 6. The third-order valence-corrected chi connectivity index (χ3v) is 3.21. The summed E-state index contributed by atoms with van der Waals surface area (Å²) in [7, 11) is 0. The Labute approximate surface area is 84.1 Å². The van der Waals surface area contributed by atoms with Gasteiger partial charge in [-0.25, -0.2) is 0 Å². The maximum atomic E-state index is 11.0. The summed E-state index contributed by atoms with van der Waals surface area (Å²) in [5.74, 6) is 0.362. The van der Waals surface area contributed by atoms with Crippen molar-refractivity contribution in [1.82, 2.24) is 0 Å². The highest BCUT2D eigenvalue weighted by Gasteiger charge is 2.33. The third kappa shape index (κ3) is 4.52. The van der Waals surface area contributed by atoms with E-state index in [1.807, 2.05) is 13.8 Å². The van der Waals surface area contributed by atoms with Gasteiger partial charge in [-0.05, 0) is 19.3 Å². The first-order valence-electron chi connectivity index (χ1n) is 4.50. The van der Waals surface area contributed by atoms with Crippen LogP contribution in [0.2, 0.25) is 0 Å². The average molecular weight is 205 g/mol. The van der Waals surface area contributed by atoms with Crippen molar-refractivity contribution in [2.75, 3.05) is 12.3 Å². The summed E-state index contributed by atoms with van der Waals surface area (Å²) in [5, 5.41) is 9.05. The first kappa shape index (κ1) is 12.8. The number of hydrogen-bond donors (Lipinski definition) is 2. The van der Waals surface area contributed by atoms with Crippen molar-refractivity contribution in [1.29, 1.82) is 0 Å². The summed E-state index contributed by atoms with van der Waals surface area (Å²) in [6.07, 6.45) is 0.688. The van der Waals surface area contributed by atoms with Gasteiger partial charge in [0.15, 0.2) is 0 Å². The summed E-state index contributed by atoms with van der Waals surface area (Å²) in [6, 6.07) is 0. The standard InChI is InChI=1S/C9H19NO2S/c1-7(2)6-9(3,8(11)12)13-5-4-10/h7H,4-6,10H2,1-3H3,(H,11,12)/t9-/m1/s1. The Morgan fingerprint density at radius 2 is 2.15 bits per heavy atom. The van der Waals surface area contributed by atoms with E-state index in [1.165, 1.54) is 11.8 Å². The summed E-state index contributed by atoms with van der Waals surface area (Å²) >= 11 is 1.44. The van der Waals surface area contributed by atoms with Crippen LogP contribution in [0, 0.1) is 5.92 Å². The van der Waals surface area contributed by atoms with Gasteiger partial charge in [-0.15, -0.1) is 11.8 Å². The van der Waals surface area contributed by atoms with Crippen LogP contribution in [0.1, 0.15) is 27.2 Å². The average Bonchev–Trinajstić information content (AvgIpc) is 1.99. The minimum atomic E-state index is -0.736. The lowest BCUT2D eigenvalue weighted by molar-refractivity contribution is -0.139. The fourth-order valence-corrected chi connectivity index (χ4v) is 2.41. The van der Waals surface area contributed by atoms with Gasteiger partial charge < -0.3 is 10.8 Å². The van der Waals surface area contributed by atoms with Crippen molar-refractivity contribution >= 4 is 17.7 Å². The van der Waals surface area contributed by atoms with E-state index in [0.29, 0.717) is 24.6 Å². The first-order chi connectivity index (χ1) is 5.92. The molecule has 3 nitrogen and oxygen atoms in total. The van der Waals surface area contributed by atoms with E-state index < -0.39 is 10.7 Å². The van der Waals surface area contributed by atoms with Gasteiger partial charge >= 0.3 is 5.97 Å². The van der Waals surface area contributed by atoms with Crippen LogP contribution in [0.25, 0.3) is 0 Å². The molecule has 0 aliphatic rings. The second-order valence-electron chi connectivity index (χ2n) is 3.77. The molecular formula is C9H19NO2S. The van der Waals surface area contributed by atoms with Gasteiger partial charge in [-0.3, -0.25) is 4.79 Å². The van der Waals surface area contributed by atoms with E-state index in [0.717, 1.165) is 0 Å². The third-order valence-electron chi connectivity index (χ3n) is 1.79. The molecule has 1 atom stereocenters. The van der Waals surface area contributed by atoms with Crippen molar-refractivity contribution in [3.8, 4) is 0 Å². The zero-order chi connectivity index (χ0) is 10.5. The van der Waals surface area contributed by atoms with Crippen LogP contribution in [0.5, 0.6) is 0 Å². The van der Waals surface area contributed by atoms with Crippen LogP contribution < -0.4 is 5.73 Å². The van der Waals surface area contributed by atoms with Crippen molar-refractivity contribution in [3.05, 3.63) is 0 Å². The quantitative estimate of drug-likeness (QED) is 0.691. The monoisotopic (exact) mass is 205 g/mol. The molecule has 0 heterocycles. The zero-order valence-electron chi connectivity index (χ0n) is 8.54. The van der Waals surface area contributed by atoms with Crippen LogP contribution in [-0.4, -0.2) is 28.1 Å². The lowest BCUT2D eigenvalue weighted by atomic mass is 9.98. The van der Waals surface area contributed by atoms with Gasteiger partial charge in [0.25, 0.3) is 0 Å². The zero-order valence-corrected chi connectivity index (χ0v) is 9.36. The fraction of sp³-hybridized carbons (Fsp3) is 0.889.